The molecule has 2 aromatic heterocycles. The maximum absolute atomic E-state index is 4.18. The molecular formula is C9H11N4. The molecule has 0 unspecified atom stereocenters. The number of aromatic nitrogens is 3. The first kappa shape index (κ1) is 8.04. The van der Waals surface area contributed by atoms with Gasteiger partial charge in [-0.05, 0) is 12.5 Å². The molecule has 0 aromatic carbocycles. The molecule has 13 heavy (non-hydrogen) atoms. The Kier molecular flexibility index (Phi) is 2.12. The van der Waals surface area contributed by atoms with Gasteiger partial charge in [-0.25, -0.2) is 9.97 Å². The lowest BCUT2D eigenvalue weighted by Crippen LogP contribution is -2.00. The number of anilines is 1. The Morgan fingerprint density at radius 3 is 3.31 bits per heavy atom. The van der Waals surface area contributed by atoms with Gasteiger partial charge in [0.05, 0.1) is 12.0 Å². The number of nitrogens with one attached hydrogen (secondary N) is 2. The smallest absolute Gasteiger partial charge is 0.159 e. The lowest BCUT2D eigenvalue weighted by atomic mass is 10.3. The average molecular weight is 175 g/mol. The highest BCUT2D eigenvalue weighted by Crippen LogP contribution is 2.16. The van der Waals surface area contributed by atoms with Crippen molar-refractivity contribution in [2.24, 2.45) is 0 Å². The fourth-order valence-electron chi connectivity index (χ4n) is 1.20. The lowest BCUT2D eigenvalue weighted by molar-refractivity contribution is 1.20. The number of fused-ring (bicyclic) bond motifs is 1. The van der Waals surface area contributed by atoms with Gasteiger partial charge in [-0.15, -0.1) is 0 Å². The highest BCUT2D eigenvalue weighted by atomic mass is 15.0. The van der Waals surface area contributed by atoms with Gasteiger partial charge in [0, 0.05) is 12.7 Å². The van der Waals surface area contributed by atoms with Crippen LogP contribution < -0.4 is 5.32 Å². The van der Waals surface area contributed by atoms with Crippen molar-refractivity contribution < 1.29 is 0 Å². The van der Waals surface area contributed by atoms with Crippen molar-refractivity contribution in [3.8, 4) is 0 Å². The fraction of sp³-hybridized carbons (Fsp3) is 0.222. The molecule has 4 nitrogen and oxygen atoms in total. The standard InChI is InChI=1S/C9H11N4/c1-2-4-10-7-3-5-11-9-8(7)12-6-13-9/h2-3,5-6H,4H2,1H3,(H2,10,11,12,13). The molecule has 0 aliphatic rings. The van der Waals surface area contributed by atoms with Gasteiger partial charge in [0.1, 0.15) is 5.52 Å². The van der Waals surface area contributed by atoms with Gasteiger partial charge < -0.3 is 10.3 Å². The zero-order chi connectivity index (χ0) is 9.10. The van der Waals surface area contributed by atoms with Gasteiger partial charge in [-0.3, -0.25) is 0 Å². The van der Waals surface area contributed by atoms with Gasteiger partial charge >= 0.3 is 0 Å². The van der Waals surface area contributed by atoms with E-state index in [1.54, 1.807) is 12.5 Å². The van der Waals surface area contributed by atoms with Crippen molar-refractivity contribution in [3.05, 3.63) is 25.0 Å². The first-order valence-corrected chi connectivity index (χ1v) is 4.21. The molecule has 2 heterocycles. The summed E-state index contributed by atoms with van der Waals surface area (Å²) < 4.78 is 0. The Bertz CT molecular complexity index is 393. The maximum atomic E-state index is 4.18. The molecule has 0 fully saturated rings. The highest BCUT2D eigenvalue weighted by molar-refractivity contribution is 5.84. The Hall–Kier alpha value is -1.58. The Labute approximate surface area is 76.4 Å². The summed E-state index contributed by atoms with van der Waals surface area (Å²) in [5, 5.41) is 3.25. The van der Waals surface area contributed by atoms with Crippen LogP contribution >= 0.6 is 0 Å². The summed E-state index contributed by atoms with van der Waals surface area (Å²) in [6.45, 7) is 2.85. The van der Waals surface area contributed by atoms with Crippen LogP contribution in [-0.2, 0) is 0 Å². The molecule has 0 saturated heterocycles. The van der Waals surface area contributed by atoms with E-state index in [1.807, 2.05) is 13.0 Å². The molecule has 0 aliphatic carbocycles. The third kappa shape index (κ3) is 1.47. The van der Waals surface area contributed by atoms with Crippen molar-refractivity contribution in [2.75, 3.05) is 11.9 Å². The molecule has 0 atom stereocenters. The number of nitrogens with zero attached hydrogens (tertiary/aromatic N) is 2. The molecule has 0 amide bonds. The first-order valence-electron chi connectivity index (χ1n) is 4.21. The summed E-state index contributed by atoms with van der Waals surface area (Å²) in [6.07, 6.45) is 5.47. The monoisotopic (exact) mass is 175 g/mol. The van der Waals surface area contributed by atoms with E-state index in [1.165, 1.54) is 0 Å². The van der Waals surface area contributed by atoms with E-state index in [4.69, 9.17) is 0 Å². The molecular weight excluding hydrogens is 164 g/mol. The van der Waals surface area contributed by atoms with Gasteiger partial charge in [0.2, 0.25) is 0 Å². The zero-order valence-corrected chi connectivity index (χ0v) is 7.41. The minimum Gasteiger partial charge on any atom is -0.383 e. The quantitative estimate of drug-likeness (QED) is 0.744. The summed E-state index contributed by atoms with van der Waals surface area (Å²) in [4.78, 5) is 11.3. The average Bonchev–Trinajstić information content (AvgIpc) is 2.62. The topological polar surface area (TPSA) is 53.6 Å². The van der Waals surface area contributed by atoms with Crippen LogP contribution in [0.5, 0.6) is 0 Å². The van der Waals surface area contributed by atoms with Crippen LogP contribution in [0.2, 0.25) is 0 Å². The van der Waals surface area contributed by atoms with Crippen LogP contribution in [0.3, 0.4) is 0 Å². The summed E-state index contributed by atoms with van der Waals surface area (Å²) in [5.41, 5.74) is 2.73. The minimum absolute atomic E-state index is 0.820. The van der Waals surface area contributed by atoms with Gasteiger partial charge in [0.15, 0.2) is 5.65 Å². The molecule has 2 aromatic rings. The molecule has 2 rings (SSSR count). The SMILES string of the molecule is C[CH]CNc1ccnc2[nH]cnc12. The number of H-pyrrole nitrogens is 1. The Morgan fingerprint density at radius 2 is 2.46 bits per heavy atom. The fourth-order valence-corrected chi connectivity index (χ4v) is 1.20. The third-order valence-corrected chi connectivity index (χ3v) is 1.82. The van der Waals surface area contributed by atoms with Crippen LogP contribution in [0.15, 0.2) is 18.6 Å². The van der Waals surface area contributed by atoms with E-state index in [0.717, 1.165) is 23.4 Å². The summed E-state index contributed by atoms with van der Waals surface area (Å²) in [7, 11) is 0. The van der Waals surface area contributed by atoms with E-state index < -0.39 is 0 Å². The van der Waals surface area contributed by atoms with Gasteiger partial charge in [0.25, 0.3) is 0 Å². The molecule has 0 bridgehead atoms. The largest absolute Gasteiger partial charge is 0.383 e. The second-order valence-corrected chi connectivity index (χ2v) is 2.75. The predicted octanol–water partition coefficient (Wildman–Crippen LogP) is 1.59. The van der Waals surface area contributed by atoms with Crippen molar-refractivity contribution in [1.82, 2.24) is 15.0 Å². The van der Waals surface area contributed by atoms with Crippen LogP contribution in [0, 0.1) is 6.42 Å². The molecule has 0 saturated carbocycles. The number of hydrogen-bond acceptors (Lipinski definition) is 3. The van der Waals surface area contributed by atoms with E-state index in [0.29, 0.717) is 0 Å². The van der Waals surface area contributed by atoms with Crippen molar-refractivity contribution in [2.45, 2.75) is 6.92 Å². The molecule has 4 heteroatoms. The minimum atomic E-state index is 0.820. The predicted molar refractivity (Wildman–Crippen MR) is 52.4 cm³/mol. The van der Waals surface area contributed by atoms with Crippen LogP contribution in [0.1, 0.15) is 6.92 Å². The van der Waals surface area contributed by atoms with Crippen LogP contribution in [-0.4, -0.2) is 21.5 Å². The van der Waals surface area contributed by atoms with Crippen molar-refractivity contribution >= 4 is 16.9 Å². The van der Waals surface area contributed by atoms with Crippen molar-refractivity contribution in [1.29, 1.82) is 0 Å². The number of rotatable bonds is 3. The normalized spacial score (nSPS) is 10.5. The second kappa shape index (κ2) is 3.43. The van der Waals surface area contributed by atoms with E-state index in [-0.39, 0.29) is 0 Å². The van der Waals surface area contributed by atoms with E-state index in [2.05, 4.69) is 26.7 Å². The highest BCUT2D eigenvalue weighted by Gasteiger charge is 2.01. The number of pyridine rings is 1. The van der Waals surface area contributed by atoms with Crippen LogP contribution in [0.4, 0.5) is 5.69 Å². The van der Waals surface area contributed by atoms with Crippen molar-refractivity contribution in [3.63, 3.8) is 0 Å². The number of aromatic amines is 1. The molecule has 2 N–H and O–H groups in total. The Balaban J connectivity index is 2.37. The first-order chi connectivity index (χ1) is 6.42. The Morgan fingerprint density at radius 1 is 1.54 bits per heavy atom. The molecule has 0 spiro atoms. The van der Waals surface area contributed by atoms with E-state index in [9.17, 15) is 0 Å². The van der Waals surface area contributed by atoms with Gasteiger partial charge in [-0.1, -0.05) is 6.92 Å². The number of hydrogen-bond donors (Lipinski definition) is 2. The summed E-state index contributed by atoms with van der Waals surface area (Å²) in [6, 6.07) is 1.92. The van der Waals surface area contributed by atoms with E-state index >= 15 is 0 Å². The second-order valence-electron chi connectivity index (χ2n) is 2.75. The zero-order valence-electron chi connectivity index (χ0n) is 7.41. The number of imidazole rings is 1. The third-order valence-electron chi connectivity index (χ3n) is 1.82. The van der Waals surface area contributed by atoms with Gasteiger partial charge in [-0.2, -0.15) is 0 Å². The molecule has 67 valence electrons. The lowest BCUT2D eigenvalue weighted by Gasteiger charge is -2.03. The molecule has 1 radical (unpaired) electrons. The van der Waals surface area contributed by atoms with Crippen LogP contribution in [0.25, 0.3) is 11.2 Å². The summed E-state index contributed by atoms with van der Waals surface area (Å²) >= 11 is 0. The maximum Gasteiger partial charge on any atom is 0.159 e. The molecule has 0 aliphatic heterocycles. The summed E-state index contributed by atoms with van der Waals surface area (Å²) in [5.74, 6) is 0.